The van der Waals surface area contributed by atoms with E-state index in [4.69, 9.17) is 12.2 Å². The first-order valence-electron chi connectivity index (χ1n) is 7.21. The highest BCUT2D eigenvalue weighted by molar-refractivity contribution is 7.80. The summed E-state index contributed by atoms with van der Waals surface area (Å²) in [7, 11) is 0. The lowest BCUT2D eigenvalue weighted by atomic mass is 9.58. The molecule has 2 nitrogen and oxygen atoms in total. The van der Waals surface area contributed by atoms with Crippen LogP contribution in [-0.2, 0) is 0 Å². The molecule has 1 atom stereocenters. The minimum absolute atomic E-state index is 0.0790. The summed E-state index contributed by atoms with van der Waals surface area (Å²) in [5.41, 5.74) is 3.04. The van der Waals surface area contributed by atoms with Crippen molar-refractivity contribution in [3.63, 3.8) is 0 Å². The van der Waals surface area contributed by atoms with Crippen molar-refractivity contribution in [1.29, 1.82) is 5.26 Å². The van der Waals surface area contributed by atoms with Crippen molar-refractivity contribution in [2.45, 2.75) is 57.8 Å². The second-order valence-corrected chi connectivity index (χ2v) is 6.37. The highest BCUT2D eigenvalue weighted by Crippen LogP contribution is 2.54. The second kappa shape index (κ2) is 4.66. The van der Waals surface area contributed by atoms with Crippen molar-refractivity contribution >= 4 is 17.2 Å². The maximum atomic E-state index is 9.57. The number of fused-ring (bicyclic) bond motifs is 1. The van der Waals surface area contributed by atoms with E-state index < -0.39 is 0 Å². The smallest absolute Gasteiger partial charge is 0.106 e. The summed E-state index contributed by atoms with van der Waals surface area (Å²) in [5, 5.41) is 12.9. The largest absolute Gasteiger partial charge is 0.352 e. The predicted octanol–water partition coefficient (Wildman–Crippen LogP) is 3.84. The summed E-state index contributed by atoms with van der Waals surface area (Å²) in [6, 6.07) is 2.51. The first-order chi connectivity index (χ1) is 8.78. The molecule has 0 radical (unpaired) electrons. The molecule has 1 aliphatic heterocycles. The third-order valence-electron chi connectivity index (χ3n) is 5.03. The van der Waals surface area contributed by atoms with E-state index in [-0.39, 0.29) is 11.3 Å². The van der Waals surface area contributed by atoms with Gasteiger partial charge in [-0.3, -0.25) is 0 Å². The van der Waals surface area contributed by atoms with E-state index in [1.165, 1.54) is 57.1 Å². The number of hydrogen-bond donors (Lipinski definition) is 1. The van der Waals surface area contributed by atoms with Crippen LogP contribution in [0.25, 0.3) is 0 Å². The number of nitriles is 1. The average molecular weight is 260 g/mol. The number of nitrogens with one attached hydrogen (secondary N) is 1. The molecule has 0 unspecified atom stereocenters. The summed E-state index contributed by atoms with van der Waals surface area (Å²) in [6.45, 7) is 0. The van der Waals surface area contributed by atoms with E-state index in [0.717, 1.165) is 11.4 Å². The van der Waals surface area contributed by atoms with Crippen molar-refractivity contribution in [2.75, 3.05) is 0 Å². The summed E-state index contributed by atoms with van der Waals surface area (Å²) in [5.74, 6) is -0.0790. The van der Waals surface area contributed by atoms with Crippen LogP contribution in [0.15, 0.2) is 11.3 Å². The highest BCUT2D eigenvalue weighted by Gasteiger charge is 2.49. The van der Waals surface area contributed by atoms with Crippen LogP contribution in [0.2, 0.25) is 0 Å². The molecule has 3 aliphatic rings. The fraction of sp³-hybridized carbons (Fsp3) is 0.733. The van der Waals surface area contributed by atoms with Crippen molar-refractivity contribution in [3.05, 3.63) is 11.3 Å². The van der Waals surface area contributed by atoms with Gasteiger partial charge in [0.2, 0.25) is 0 Å². The van der Waals surface area contributed by atoms with Gasteiger partial charge in [0.25, 0.3) is 0 Å². The normalized spacial score (nSPS) is 30.6. The Balaban J connectivity index is 2.08. The summed E-state index contributed by atoms with van der Waals surface area (Å²) in [4.78, 5) is 0.792. The number of nitrogens with zero attached hydrogens (tertiary/aromatic N) is 1. The summed E-state index contributed by atoms with van der Waals surface area (Å²) in [6.07, 6.45) is 11.1. The van der Waals surface area contributed by atoms with Crippen molar-refractivity contribution in [1.82, 2.24) is 5.32 Å². The third kappa shape index (κ3) is 1.70. The quantitative estimate of drug-likeness (QED) is 0.672. The zero-order valence-electron chi connectivity index (χ0n) is 10.8. The fourth-order valence-electron chi connectivity index (χ4n) is 4.19. The molecular weight excluding hydrogens is 240 g/mol. The van der Waals surface area contributed by atoms with Crippen LogP contribution in [0.3, 0.4) is 0 Å². The van der Waals surface area contributed by atoms with E-state index >= 15 is 0 Å². The molecule has 2 aliphatic carbocycles. The third-order valence-corrected chi connectivity index (χ3v) is 5.37. The molecule has 1 N–H and O–H groups in total. The Kier molecular flexibility index (Phi) is 3.15. The first kappa shape index (κ1) is 12.2. The van der Waals surface area contributed by atoms with Crippen LogP contribution in [0.4, 0.5) is 0 Å². The predicted molar refractivity (Wildman–Crippen MR) is 75.8 cm³/mol. The lowest BCUT2D eigenvalue weighted by molar-refractivity contribution is 0.192. The monoisotopic (exact) mass is 260 g/mol. The average Bonchev–Trinajstić information content (AvgIpc) is 2.40. The zero-order valence-corrected chi connectivity index (χ0v) is 11.6. The van der Waals surface area contributed by atoms with Gasteiger partial charge in [0, 0.05) is 11.1 Å². The molecule has 3 rings (SSSR count). The van der Waals surface area contributed by atoms with Crippen LogP contribution in [-0.4, -0.2) is 4.99 Å². The SMILES string of the molecule is N#C[C@H]1C(=S)NC2=C(CCCC2)C12CCCCC2. The standard InChI is InChI=1S/C15H20N2S/c16-10-12-14(18)17-13-7-3-2-6-11(13)15(12)8-4-1-5-9-15/h12H,1-9H2,(H,17,18)/t12-/m0/s1. The molecule has 0 aromatic heterocycles. The van der Waals surface area contributed by atoms with Gasteiger partial charge in [-0.05, 0) is 44.1 Å². The van der Waals surface area contributed by atoms with Crippen molar-refractivity contribution in [3.8, 4) is 6.07 Å². The van der Waals surface area contributed by atoms with E-state index in [9.17, 15) is 5.26 Å². The topological polar surface area (TPSA) is 35.8 Å². The summed E-state index contributed by atoms with van der Waals surface area (Å²) >= 11 is 5.48. The van der Waals surface area contributed by atoms with E-state index in [0.29, 0.717) is 0 Å². The number of hydrogen-bond acceptors (Lipinski definition) is 2. The van der Waals surface area contributed by atoms with Crippen LogP contribution in [0.1, 0.15) is 57.8 Å². The summed E-state index contributed by atoms with van der Waals surface area (Å²) < 4.78 is 0. The maximum Gasteiger partial charge on any atom is 0.106 e. The van der Waals surface area contributed by atoms with Gasteiger partial charge < -0.3 is 5.32 Å². The molecule has 96 valence electrons. The van der Waals surface area contributed by atoms with Gasteiger partial charge in [0.1, 0.15) is 5.92 Å². The number of allylic oxidation sites excluding steroid dienone is 2. The molecule has 0 aromatic rings. The Labute approximate surface area is 114 Å². The minimum atomic E-state index is -0.0790. The van der Waals surface area contributed by atoms with Crippen LogP contribution in [0.5, 0.6) is 0 Å². The minimum Gasteiger partial charge on any atom is -0.352 e. The van der Waals surface area contributed by atoms with Gasteiger partial charge in [0.15, 0.2) is 0 Å². The number of rotatable bonds is 0. The maximum absolute atomic E-state index is 9.57. The molecule has 1 saturated carbocycles. The van der Waals surface area contributed by atoms with E-state index in [2.05, 4.69) is 11.4 Å². The van der Waals surface area contributed by atoms with Crippen LogP contribution < -0.4 is 5.32 Å². The van der Waals surface area contributed by atoms with E-state index in [1.807, 2.05) is 0 Å². The van der Waals surface area contributed by atoms with Crippen LogP contribution >= 0.6 is 12.2 Å². The van der Waals surface area contributed by atoms with Gasteiger partial charge in [-0.15, -0.1) is 0 Å². The molecule has 1 fully saturated rings. The van der Waals surface area contributed by atoms with Crippen molar-refractivity contribution < 1.29 is 0 Å². The molecule has 0 amide bonds. The molecule has 1 heterocycles. The molecule has 1 spiro atoms. The Hall–Kier alpha value is -0.880. The molecule has 0 aromatic carbocycles. The van der Waals surface area contributed by atoms with Gasteiger partial charge in [-0.2, -0.15) is 5.26 Å². The van der Waals surface area contributed by atoms with E-state index in [1.54, 1.807) is 5.57 Å². The van der Waals surface area contributed by atoms with Crippen LogP contribution in [0, 0.1) is 22.7 Å². The molecular formula is C15H20N2S. The van der Waals surface area contributed by atoms with Gasteiger partial charge in [0.05, 0.1) is 11.1 Å². The second-order valence-electron chi connectivity index (χ2n) is 5.93. The Morgan fingerprint density at radius 3 is 2.56 bits per heavy atom. The van der Waals surface area contributed by atoms with Gasteiger partial charge in [-0.25, -0.2) is 0 Å². The van der Waals surface area contributed by atoms with Crippen molar-refractivity contribution in [2.24, 2.45) is 11.3 Å². The first-order valence-corrected chi connectivity index (χ1v) is 7.62. The lowest BCUT2D eigenvalue weighted by Gasteiger charge is -2.48. The zero-order chi connectivity index (χ0) is 12.6. The van der Waals surface area contributed by atoms with Gasteiger partial charge in [-0.1, -0.05) is 31.5 Å². The molecule has 0 saturated heterocycles. The molecule has 0 bridgehead atoms. The Morgan fingerprint density at radius 1 is 1.11 bits per heavy atom. The fourth-order valence-corrected chi connectivity index (χ4v) is 4.60. The Bertz CT molecular complexity index is 438. The Morgan fingerprint density at radius 2 is 1.83 bits per heavy atom. The van der Waals surface area contributed by atoms with Gasteiger partial charge >= 0.3 is 0 Å². The highest BCUT2D eigenvalue weighted by atomic mass is 32.1. The number of thiocarbonyl (C=S) groups is 1. The lowest BCUT2D eigenvalue weighted by Crippen LogP contribution is -2.49. The molecule has 3 heteroatoms. The molecule has 18 heavy (non-hydrogen) atoms.